The molecule has 6 heteroatoms. The molecule has 4 rings (SSSR count). The molecule has 1 aliphatic rings. The maximum absolute atomic E-state index is 12.9. The fourth-order valence-corrected chi connectivity index (χ4v) is 2.08. The van der Waals surface area contributed by atoms with Crippen LogP contribution in [0, 0.1) is 5.82 Å². The SMILES string of the molecule is Fc1ccc(-c2nnc(-c3ccc4c(c3)OCO4)o2)cc1. The summed E-state index contributed by atoms with van der Waals surface area (Å²) in [6.45, 7) is 0.212. The first-order valence-corrected chi connectivity index (χ1v) is 6.29. The molecule has 1 aliphatic heterocycles. The average Bonchev–Trinajstić information content (AvgIpc) is 3.16. The van der Waals surface area contributed by atoms with Gasteiger partial charge >= 0.3 is 0 Å². The van der Waals surface area contributed by atoms with Gasteiger partial charge in [0, 0.05) is 11.1 Å². The van der Waals surface area contributed by atoms with E-state index in [1.54, 1.807) is 24.3 Å². The Morgan fingerprint density at radius 3 is 2.29 bits per heavy atom. The van der Waals surface area contributed by atoms with E-state index in [0.717, 1.165) is 5.56 Å². The van der Waals surface area contributed by atoms with Crippen molar-refractivity contribution in [3.05, 3.63) is 48.3 Å². The molecule has 2 heterocycles. The van der Waals surface area contributed by atoms with Gasteiger partial charge in [-0.05, 0) is 42.5 Å². The van der Waals surface area contributed by atoms with Gasteiger partial charge in [-0.1, -0.05) is 0 Å². The number of halogens is 1. The van der Waals surface area contributed by atoms with Crippen LogP contribution in [0.15, 0.2) is 46.9 Å². The van der Waals surface area contributed by atoms with E-state index in [1.807, 2.05) is 6.07 Å². The first-order chi connectivity index (χ1) is 10.3. The smallest absolute Gasteiger partial charge is 0.248 e. The van der Waals surface area contributed by atoms with Crippen molar-refractivity contribution in [2.75, 3.05) is 6.79 Å². The largest absolute Gasteiger partial charge is 0.454 e. The van der Waals surface area contributed by atoms with E-state index in [9.17, 15) is 4.39 Å². The third-order valence-corrected chi connectivity index (χ3v) is 3.14. The van der Waals surface area contributed by atoms with Crippen LogP contribution >= 0.6 is 0 Å². The van der Waals surface area contributed by atoms with E-state index < -0.39 is 0 Å². The minimum atomic E-state index is -0.311. The number of hydrogen-bond donors (Lipinski definition) is 0. The molecule has 0 bridgehead atoms. The molecule has 0 aliphatic carbocycles. The van der Waals surface area contributed by atoms with Crippen LogP contribution in [0.25, 0.3) is 22.9 Å². The van der Waals surface area contributed by atoms with Gasteiger partial charge in [0.15, 0.2) is 11.5 Å². The van der Waals surface area contributed by atoms with Crippen LogP contribution in [-0.4, -0.2) is 17.0 Å². The number of aromatic nitrogens is 2. The topological polar surface area (TPSA) is 57.4 Å². The van der Waals surface area contributed by atoms with Gasteiger partial charge in [-0.15, -0.1) is 10.2 Å². The summed E-state index contributed by atoms with van der Waals surface area (Å²) in [6, 6.07) is 11.3. The quantitative estimate of drug-likeness (QED) is 0.722. The van der Waals surface area contributed by atoms with Crippen LogP contribution in [-0.2, 0) is 0 Å². The van der Waals surface area contributed by atoms with Gasteiger partial charge in [0.2, 0.25) is 18.6 Å². The normalized spacial score (nSPS) is 12.6. The van der Waals surface area contributed by atoms with E-state index in [-0.39, 0.29) is 12.6 Å². The molecule has 5 nitrogen and oxygen atoms in total. The summed E-state index contributed by atoms with van der Waals surface area (Å²) in [6.07, 6.45) is 0. The third-order valence-electron chi connectivity index (χ3n) is 3.14. The second-order valence-electron chi connectivity index (χ2n) is 4.49. The van der Waals surface area contributed by atoms with Gasteiger partial charge in [0.05, 0.1) is 0 Å². The fourth-order valence-electron chi connectivity index (χ4n) is 2.08. The first kappa shape index (κ1) is 11.9. The average molecular weight is 284 g/mol. The van der Waals surface area contributed by atoms with Crippen LogP contribution < -0.4 is 9.47 Å². The van der Waals surface area contributed by atoms with Crippen molar-refractivity contribution in [3.8, 4) is 34.4 Å². The first-order valence-electron chi connectivity index (χ1n) is 6.29. The van der Waals surface area contributed by atoms with Crippen molar-refractivity contribution in [1.29, 1.82) is 0 Å². The molecule has 0 fully saturated rings. The summed E-state index contributed by atoms with van der Waals surface area (Å²) < 4.78 is 29.1. The van der Waals surface area contributed by atoms with Gasteiger partial charge < -0.3 is 13.9 Å². The Hall–Kier alpha value is -2.89. The van der Waals surface area contributed by atoms with Crippen molar-refractivity contribution in [1.82, 2.24) is 10.2 Å². The second kappa shape index (κ2) is 4.59. The molecule has 0 unspecified atom stereocenters. The molecule has 0 amide bonds. The van der Waals surface area contributed by atoms with Gasteiger partial charge in [-0.3, -0.25) is 0 Å². The van der Waals surface area contributed by atoms with Crippen molar-refractivity contribution < 1.29 is 18.3 Å². The summed E-state index contributed by atoms with van der Waals surface area (Å²) in [5, 5.41) is 7.98. The monoisotopic (exact) mass is 284 g/mol. The summed E-state index contributed by atoms with van der Waals surface area (Å²) in [5.41, 5.74) is 1.40. The summed E-state index contributed by atoms with van der Waals surface area (Å²) in [5.74, 6) is 1.73. The Balaban J connectivity index is 1.69. The van der Waals surface area contributed by atoms with E-state index in [4.69, 9.17) is 13.9 Å². The Morgan fingerprint density at radius 1 is 0.810 bits per heavy atom. The highest BCUT2D eigenvalue weighted by atomic mass is 19.1. The predicted octanol–water partition coefficient (Wildman–Crippen LogP) is 3.27. The Kier molecular flexibility index (Phi) is 2.60. The van der Waals surface area contributed by atoms with Crippen LogP contribution in [0.4, 0.5) is 4.39 Å². The van der Waals surface area contributed by atoms with E-state index in [2.05, 4.69) is 10.2 Å². The molecule has 2 aromatic carbocycles. The van der Waals surface area contributed by atoms with E-state index in [1.165, 1.54) is 12.1 Å². The Bertz CT molecular complexity index is 799. The lowest BCUT2D eigenvalue weighted by molar-refractivity contribution is 0.174. The van der Waals surface area contributed by atoms with Crippen molar-refractivity contribution in [2.45, 2.75) is 0 Å². The maximum Gasteiger partial charge on any atom is 0.248 e. The van der Waals surface area contributed by atoms with Gasteiger partial charge in [-0.25, -0.2) is 4.39 Å². The zero-order valence-corrected chi connectivity index (χ0v) is 10.7. The Labute approximate surface area is 118 Å². The lowest BCUT2D eigenvalue weighted by Gasteiger charge is -1.98. The van der Waals surface area contributed by atoms with E-state index >= 15 is 0 Å². The predicted molar refractivity (Wildman–Crippen MR) is 71.3 cm³/mol. The number of ether oxygens (including phenoxy) is 2. The van der Waals surface area contributed by atoms with Crippen molar-refractivity contribution >= 4 is 0 Å². The molecule has 3 aromatic rings. The van der Waals surface area contributed by atoms with Gasteiger partial charge in [0.25, 0.3) is 0 Å². The molecule has 0 radical (unpaired) electrons. The lowest BCUT2D eigenvalue weighted by atomic mass is 10.2. The highest BCUT2D eigenvalue weighted by molar-refractivity contribution is 5.62. The van der Waals surface area contributed by atoms with Gasteiger partial charge in [0.1, 0.15) is 5.82 Å². The van der Waals surface area contributed by atoms with Crippen LogP contribution in [0.3, 0.4) is 0 Å². The fraction of sp³-hybridized carbons (Fsp3) is 0.0667. The highest BCUT2D eigenvalue weighted by Gasteiger charge is 2.17. The van der Waals surface area contributed by atoms with Crippen molar-refractivity contribution in [2.24, 2.45) is 0 Å². The molecule has 21 heavy (non-hydrogen) atoms. The molecular weight excluding hydrogens is 275 g/mol. The summed E-state index contributed by atoms with van der Waals surface area (Å²) >= 11 is 0. The van der Waals surface area contributed by atoms with Crippen LogP contribution in [0.2, 0.25) is 0 Å². The highest BCUT2D eigenvalue weighted by Crippen LogP contribution is 2.36. The van der Waals surface area contributed by atoms with Crippen LogP contribution in [0.5, 0.6) is 11.5 Å². The molecule has 0 saturated carbocycles. The lowest BCUT2D eigenvalue weighted by Crippen LogP contribution is -1.92. The number of nitrogens with zero attached hydrogens (tertiary/aromatic N) is 2. The standard InChI is InChI=1S/C15H9FN2O3/c16-11-4-1-9(2-5-11)14-17-18-15(21-14)10-3-6-12-13(7-10)20-8-19-12/h1-7H,8H2. The van der Waals surface area contributed by atoms with Gasteiger partial charge in [-0.2, -0.15) is 0 Å². The number of fused-ring (bicyclic) bond motifs is 1. The summed E-state index contributed by atoms with van der Waals surface area (Å²) in [4.78, 5) is 0. The Morgan fingerprint density at radius 2 is 1.48 bits per heavy atom. The zero-order valence-electron chi connectivity index (χ0n) is 10.7. The number of benzene rings is 2. The van der Waals surface area contributed by atoms with Crippen molar-refractivity contribution in [3.63, 3.8) is 0 Å². The molecule has 104 valence electrons. The minimum Gasteiger partial charge on any atom is -0.454 e. The number of rotatable bonds is 2. The summed E-state index contributed by atoms with van der Waals surface area (Å²) in [7, 11) is 0. The zero-order chi connectivity index (χ0) is 14.2. The molecule has 0 N–H and O–H groups in total. The second-order valence-corrected chi connectivity index (χ2v) is 4.49. The molecule has 0 spiro atoms. The molecule has 1 aromatic heterocycles. The minimum absolute atomic E-state index is 0.212. The molecular formula is C15H9FN2O3. The van der Waals surface area contributed by atoms with Crippen LogP contribution in [0.1, 0.15) is 0 Å². The molecule has 0 atom stereocenters. The maximum atomic E-state index is 12.9. The third kappa shape index (κ3) is 2.10. The van der Waals surface area contributed by atoms with E-state index in [0.29, 0.717) is 28.8 Å². The molecule has 0 saturated heterocycles. The number of hydrogen-bond acceptors (Lipinski definition) is 5.